The lowest BCUT2D eigenvalue weighted by Gasteiger charge is -2.31. The van der Waals surface area contributed by atoms with E-state index >= 15 is 0 Å². The maximum absolute atomic E-state index is 12.8. The van der Waals surface area contributed by atoms with Gasteiger partial charge in [-0.15, -0.1) is 0 Å². The average Bonchev–Trinajstić information content (AvgIpc) is 2.20. The number of alkyl halides is 4. The number of carbonyl (C=O) groups excluding carboxylic acids is 1. The number of ether oxygens (including phenoxy) is 2. The smallest absolute Gasteiger partial charge is 0.421 e. The Labute approximate surface area is 91.5 Å². The Hall–Kier alpha value is -2.08. The second-order valence-electron chi connectivity index (χ2n) is 3.07. The molecular weight excluding hydrogens is 246 g/mol. The van der Waals surface area contributed by atoms with Crippen LogP contribution in [0.3, 0.4) is 0 Å². The highest BCUT2D eigenvalue weighted by molar-refractivity contribution is 5.56. The monoisotopic (exact) mass is 249 g/mol. The van der Waals surface area contributed by atoms with Crippen LogP contribution in [0.4, 0.5) is 23.2 Å². The Bertz CT molecular complexity index is 511. The Kier molecular flexibility index (Phi) is 2.32. The van der Waals surface area contributed by atoms with Gasteiger partial charge in [0.1, 0.15) is 0 Å². The third-order valence-electron chi connectivity index (χ3n) is 1.92. The van der Waals surface area contributed by atoms with Gasteiger partial charge in [-0.2, -0.15) is 22.6 Å². The lowest BCUT2D eigenvalue weighted by Crippen LogP contribution is -2.52. The van der Waals surface area contributed by atoms with Crippen LogP contribution in [-0.4, -0.2) is 18.3 Å². The molecule has 0 bridgehead atoms. The maximum atomic E-state index is 12.8. The van der Waals surface area contributed by atoms with Crippen molar-refractivity contribution in [1.29, 1.82) is 0 Å². The molecule has 0 atom stereocenters. The van der Waals surface area contributed by atoms with E-state index in [1.54, 1.807) is 0 Å². The molecule has 8 heteroatoms. The normalized spacial score (nSPS) is 19.3. The highest BCUT2D eigenvalue weighted by Gasteiger charge is 2.65. The summed E-state index contributed by atoms with van der Waals surface area (Å²) in [4.78, 5) is 13.1. The van der Waals surface area contributed by atoms with E-state index in [9.17, 15) is 22.4 Å². The van der Waals surface area contributed by atoms with Crippen LogP contribution in [0.5, 0.6) is 11.5 Å². The summed E-state index contributed by atoms with van der Waals surface area (Å²) in [5.41, 5.74) is -0.0663. The molecule has 4 nitrogen and oxygen atoms in total. The molecule has 0 unspecified atom stereocenters. The number of benzene rings is 1. The van der Waals surface area contributed by atoms with Crippen molar-refractivity contribution in [2.75, 3.05) is 0 Å². The van der Waals surface area contributed by atoms with Gasteiger partial charge in [0, 0.05) is 6.07 Å². The van der Waals surface area contributed by atoms with Gasteiger partial charge in [-0.05, 0) is 12.1 Å². The fraction of sp³-hybridized carbons (Fsp3) is 0.222. The SMILES string of the molecule is O=C=Nc1ccc2c(c1)OC(F)(F)C(F)(F)O2. The van der Waals surface area contributed by atoms with Crippen LogP contribution in [-0.2, 0) is 4.79 Å². The highest BCUT2D eigenvalue weighted by atomic mass is 19.3. The lowest BCUT2D eigenvalue weighted by atomic mass is 10.2. The zero-order chi connectivity index (χ0) is 12.7. The number of isocyanates is 1. The minimum atomic E-state index is -4.79. The summed E-state index contributed by atoms with van der Waals surface area (Å²) in [5, 5.41) is 0. The summed E-state index contributed by atoms with van der Waals surface area (Å²) in [7, 11) is 0. The van der Waals surface area contributed by atoms with E-state index in [0.29, 0.717) is 0 Å². The van der Waals surface area contributed by atoms with Crippen LogP contribution in [0, 0.1) is 0 Å². The Morgan fingerprint density at radius 3 is 2.24 bits per heavy atom. The van der Waals surface area contributed by atoms with Gasteiger partial charge in [0.15, 0.2) is 11.5 Å². The van der Waals surface area contributed by atoms with E-state index in [1.807, 2.05) is 0 Å². The molecule has 0 saturated heterocycles. The molecular formula is C9H3F4NO3. The van der Waals surface area contributed by atoms with Crippen LogP contribution in [0.15, 0.2) is 23.2 Å². The molecule has 0 saturated carbocycles. The van der Waals surface area contributed by atoms with Crippen LogP contribution in [0.2, 0.25) is 0 Å². The van der Waals surface area contributed by atoms with E-state index in [2.05, 4.69) is 14.5 Å². The number of nitrogens with zero attached hydrogens (tertiary/aromatic N) is 1. The Morgan fingerprint density at radius 1 is 1.06 bits per heavy atom. The predicted octanol–water partition coefficient (Wildman–Crippen LogP) is 2.61. The highest BCUT2D eigenvalue weighted by Crippen LogP contribution is 2.47. The standard InChI is InChI=1S/C9H3F4NO3/c10-8(11)9(12,13)17-7-3-5(14-4-15)1-2-6(7)16-8/h1-3H. The molecule has 0 aromatic heterocycles. The molecule has 1 heterocycles. The molecule has 0 aliphatic carbocycles. The van der Waals surface area contributed by atoms with Crippen LogP contribution in [0.25, 0.3) is 0 Å². The van der Waals surface area contributed by atoms with E-state index < -0.39 is 23.7 Å². The summed E-state index contributed by atoms with van der Waals surface area (Å²) in [5.74, 6) is -1.19. The van der Waals surface area contributed by atoms with E-state index in [0.717, 1.165) is 18.2 Å². The first-order valence-corrected chi connectivity index (χ1v) is 4.21. The largest absolute Gasteiger partial charge is 0.507 e. The summed E-state index contributed by atoms with van der Waals surface area (Å²) >= 11 is 0. The van der Waals surface area contributed by atoms with Gasteiger partial charge in [0.25, 0.3) is 0 Å². The molecule has 1 aliphatic heterocycles. The topological polar surface area (TPSA) is 47.9 Å². The number of halogens is 4. The molecule has 0 amide bonds. The third-order valence-corrected chi connectivity index (χ3v) is 1.92. The lowest BCUT2D eigenvalue weighted by molar-refractivity contribution is -0.391. The van der Waals surface area contributed by atoms with E-state index in [1.165, 1.54) is 6.08 Å². The van der Waals surface area contributed by atoms with Crippen molar-refractivity contribution in [3.8, 4) is 11.5 Å². The fourth-order valence-corrected chi connectivity index (χ4v) is 1.18. The Morgan fingerprint density at radius 2 is 1.65 bits per heavy atom. The molecule has 0 radical (unpaired) electrons. The predicted molar refractivity (Wildman–Crippen MR) is 45.4 cm³/mol. The van der Waals surface area contributed by atoms with Crippen molar-refractivity contribution in [2.45, 2.75) is 12.2 Å². The van der Waals surface area contributed by atoms with Crippen LogP contribution < -0.4 is 9.47 Å². The van der Waals surface area contributed by atoms with Crippen molar-refractivity contribution in [3.63, 3.8) is 0 Å². The summed E-state index contributed by atoms with van der Waals surface area (Å²) in [6.45, 7) is 0. The maximum Gasteiger partial charge on any atom is 0.507 e. The number of rotatable bonds is 1. The first-order chi connectivity index (χ1) is 7.86. The molecule has 90 valence electrons. The number of hydrogen-bond acceptors (Lipinski definition) is 4. The van der Waals surface area contributed by atoms with Gasteiger partial charge in [0.2, 0.25) is 6.08 Å². The number of aliphatic imine (C=N–C) groups is 1. The minimum Gasteiger partial charge on any atom is -0.421 e. The molecule has 2 rings (SSSR count). The molecule has 17 heavy (non-hydrogen) atoms. The molecule has 1 aromatic carbocycles. The van der Waals surface area contributed by atoms with Crippen LogP contribution in [0.1, 0.15) is 0 Å². The van der Waals surface area contributed by atoms with Gasteiger partial charge in [-0.25, -0.2) is 4.79 Å². The second-order valence-corrected chi connectivity index (χ2v) is 3.07. The van der Waals surface area contributed by atoms with Crippen molar-refractivity contribution in [2.24, 2.45) is 4.99 Å². The minimum absolute atomic E-state index is 0.0663. The van der Waals surface area contributed by atoms with Crippen molar-refractivity contribution in [3.05, 3.63) is 18.2 Å². The van der Waals surface area contributed by atoms with Gasteiger partial charge < -0.3 is 9.47 Å². The van der Waals surface area contributed by atoms with Crippen molar-refractivity contribution >= 4 is 11.8 Å². The molecule has 0 N–H and O–H groups in total. The zero-order valence-electron chi connectivity index (χ0n) is 7.92. The van der Waals surface area contributed by atoms with Crippen molar-refractivity contribution in [1.82, 2.24) is 0 Å². The molecule has 0 spiro atoms. The zero-order valence-corrected chi connectivity index (χ0v) is 7.92. The van der Waals surface area contributed by atoms with Gasteiger partial charge in [0.05, 0.1) is 5.69 Å². The van der Waals surface area contributed by atoms with Crippen LogP contribution >= 0.6 is 0 Å². The molecule has 1 aliphatic rings. The first-order valence-electron chi connectivity index (χ1n) is 4.21. The quantitative estimate of drug-likeness (QED) is 0.436. The van der Waals surface area contributed by atoms with Gasteiger partial charge >= 0.3 is 12.2 Å². The molecule has 0 fully saturated rings. The summed E-state index contributed by atoms with van der Waals surface area (Å²) < 4.78 is 58.6. The van der Waals surface area contributed by atoms with E-state index in [4.69, 9.17) is 0 Å². The number of hydrogen-bond donors (Lipinski definition) is 0. The fourth-order valence-electron chi connectivity index (χ4n) is 1.18. The second kappa shape index (κ2) is 3.46. The Balaban J connectivity index is 2.46. The summed E-state index contributed by atoms with van der Waals surface area (Å²) in [6, 6.07) is 2.92. The average molecular weight is 249 g/mol. The summed E-state index contributed by atoms with van der Waals surface area (Å²) in [6.07, 6.45) is -8.37. The number of fused-ring (bicyclic) bond motifs is 1. The van der Waals surface area contributed by atoms with Gasteiger partial charge in [-0.1, -0.05) is 0 Å². The van der Waals surface area contributed by atoms with E-state index in [-0.39, 0.29) is 5.69 Å². The molecule has 1 aromatic rings. The first kappa shape index (κ1) is 11.4. The third kappa shape index (κ3) is 1.83. The van der Waals surface area contributed by atoms with Gasteiger partial charge in [-0.3, -0.25) is 0 Å². The van der Waals surface area contributed by atoms with Crippen molar-refractivity contribution < 1.29 is 31.8 Å².